The summed E-state index contributed by atoms with van der Waals surface area (Å²) in [6.07, 6.45) is 7.78. The molecule has 0 unspecified atom stereocenters. The Morgan fingerprint density at radius 2 is 1.60 bits per heavy atom. The third-order valence-corrected chi connectivity index (χ3v) is 6.43. The molecule has 0 amide bonds. The highest BCUT2D eigenvalue weighted by molar-refractivity contribution is 7.99. The summed E-state index contributed by atoms with van der Waals surface area (Å²) in [7, 11) is 0. The van der Waals surface area contributed by atoms with Crippen molar-refractivity contribution in [3.05, 3.63) is 66.2 Å². The Hall–Kier alpha value is -1.54. The standard InChI is InChI=1S/C23H28OS/c24-23-15-9-2-6-12-20(17-16-19-10-4-1-5-11-19)22(23)18-25-21-13-7-3-8-14-21/h1,3-5,7-8,10-11,13-14,20,22H,2,6,9,12,15-18H2/t20-,22-/m1/s1. The average molecular weight is 353 g/mol. The second kappa shape index (κ2) is 9.82. The summed E-state index contributed by atoms with van der Waals surface area (Å²) in [5.41, 5.74) is 1.39. The molecule has 1 aliphatic carbocycles. The second-order valence-electron chi connectivity index (χ2n) is 7.08. The van der Waals surface area contributed by atoms with Crippen molar-refractivity contribution < 1.29 is 4.79 Å². The fourth-order valence-corrected chi connectivity index (χ4v) is 4.99. The Balaban J connectivity index is 1.65. The summed E-state index contributed by atoms with van der Waals surface area (Å²) in [6.45, 7) is 0. The third-order valence-electron chi connectivity index (χ3n) is 5.30. The average Bonchev–Trinajstić information content (AvgIpc) is 2.65. The molecular formula is C23H28OS. The monoisotopic (exact) mass is 352 g/mol. The van der Waals surface area contributed by atoms with Gasteiger partial charge in [0, 0.05) is 23.0 Å². The van der Waals surface area contributed by atoms with Gasteiger partial charge in [-0.05, 0) is 49.3 Å². The van der Waals surface area contributed by atoms with Crippen molar-refractivity contribution in [1.29, 1.82) is 0 Å². The first-order chi connectivity index (χ1) is 12.3. The molecule has 2 aromatic rings. The maximum Gasteiger partial charge on any atom is 0.137 e. The van der Waals surface area contributed by atoms with E-state index in [1.54, 1.807) is 0 Å². The van der Waals surface area contributed by atoms with E-state index in [-0.39, 0.29) is 5.92 Å². The summed E-state index contributed by atoms with van der Waals surface area (Å²) in [5.74, 6) is 2.18. The Labute approximate surface area is 156 Å². The van der Waals surface area contributed by atoms with Gasteiger partial charge in [0.2, 0.25) is 0 Å². The summed E-state index contributed by atoms with van der Waals surface area (Å²) in [6, 6.07) is 21.2. The van der Waals surface area contributed by atoms with Crippen molar-refractivity contribution in [3.63, 3.8) is 0 Å². The largest absolute Gasteiger partial charge is 0.299 e. The molecule has 0 aromatic heterocycles. The molecule has 1 fully saturated rings. The Morgan fingerprint density at radius 3 is 2.36 bits per heavy atom. The first-order valence-electron chi connectivity index (χ1n) is 9.57. The van der Waals surface area contributed by atoms with Crippen molar-refractivity contribution in [2.45, 2.75) is 49.8 Å². The zero-order valence-electron chi connectivity index (χ0n) is 14.9. The Bertz CT molecular complexity index is 638. The second-order valence-corrected chi connectivity index (χ2v) is 8.17. The van der Waals surface area contributed by atoms with E-state index in [1.165, 1.54) is 29.7 Å². The Morgan fingerprint density at radius 1 is 0.880 bits per heavy atom. The normalized spacial score (nSPS) is 21.5. The molecule has 1 aliphatic rings. The highest BCUT2D eigenvalue weighted by Gasteiger charge is 2.28. The van der Waals surface area contributed by atoms with Crippen LogP contribution in [0.4, 0.5) is 0 Å². The molecule has 1 saturated carbocycles. The quantitative estimate of drug-likeness (QED) is 0.578. The van der Waals surface area contributed by atoms with E-state index in [2.05, 4.69) is 54.6 Å². The van der Waals surface area contributed by atoms with E-state index in [0.717, 1.165) is 31.4 Å². The molecule has 2 heteroatoms. The van der Waals surface area contributed by atoms with Gasteiger partial charge in [-0.1, -0.05) is 61.4 Å². The lowest BCUT2D eigenvalue weighted by Crippen LogP contribution is -2.28. The van der Waals surface area contributed by atoms with Crippen molar-refractivity contribution in [3.8, 4) is 0 Å². The molecule has 0 heterocycles. The molecule has 2 atom stereocenters. The highest BCUT2D eigenvalue weighted by atomic mass is 32.2. The van der Waals surface area contributed by atoms with E-state index in [0.29, 0.717) is 11.7 Å². The van der Waals surface area contributed by atoms with E-state index in [4.69, 9.17) is 0 Å². The number of Topliss-reactive ketones (excluding diaryl/α,β-unsaturated/α-hetero) is 1. The van der Waals surface area contributed by atoms with Crippen LogP contribution in [0, 0.1) is 11.8 Å². The van der Waals surface area contributed by atoms with Gasteiger partial charge in [-0.25, -0.2) is 0 Å². The number of carbonyl (C=O) groups is 1. The number of carbonyl (C=O) groups excluding carboxylic acids is 1. The van der Waals surface area contributed by atoms with Gasteiger partial charge < -0.3 is 0 Å². The third kappa shape index (κ3) is 5.74. The lowest BCUT2D eigenvalue weighted by molar-refractivity contribution is -0.124. The molecule has 0 radical (unpaired) electrons. The topological polar surface area (TPSA) is 17.1 Å². The fourth-order valence-electron chi connectivity index (χ4n) is 3.81. The molecule has 1 nitrogen and oxygen atoms in total. The van der Waals surface area contributed by atoms with Crippen molar-refractivity contribution >= 4 is 17.5 Å². The number of ketones is 1. The van der Waals surface area contributed by atoms with Crippen LogP contribution >= 0.6 is 11.8 Å². The number of aryl methyl sites for hydroxylation is 1. The molecular weight excluding hydrogens is 324 g/mol. The molecule has 0 saturated heterocycles. The number of thioether (sulfide) groups is 1. The van der Waals surface area contributed by atoms with Crippen LogP contribution < -0.4 is 0 Å². The van der Waals surface area contributed by atoms with E-state index in [9.17, 15) is 4.79 Å². The summed E-state index contributed by atoms with van der Waals surface area (Å²) in [5, 5.41) is 0. The van der Waals surface area contributed by atoms with Gasteiger partial charge in [0.1, 0.15) is 5.78 Å². The maximum absolute atomic E-state index is 12.8. The molecule has 0 bridgehead atoms. The lowest BCUT2D eigenvalue weighted by Gasteiger charge is -2.28. The Kier molecular flexibility index (Phi) is 7.17. The van der Waals surface area contributed by atoms with Crippen LogP contribution in [0.15, 0.2) is 65.6 Å². The minimum absolute atomic E-state index is 0.217. The summed E-state index contributed by atoms with van der Waals surface area (Å²) < 4.78 is 0. The van der Waals surface area contributed by atoms with Crippen LogP contribution in [0.3, 0.4) is 0 Å². The van der Waals surface area contributed by atoms with Gasteiger partial charge in [0.15, 0.2) is 0 Å². The van der Waals surface area contributed by atoms with Crippen LogP contribution in [-0.4, -0.2) is 11.5 Å². The van der Waals surface area contributed by atoms with Crippen molar-refractivity contribution in [1.82, 2.24) is 0 Å². The molecule has 2 aromatic carbocycles. The molecule has 0 N–H and O–H groups in total. The number of hydrogen-bond donors (Lipinski definition) is 0. The van der Waals surface area contributed by atoms with Crippen LogP contribution in [0.25, 0.3) is 0 Å². The van der Waals surface area contributed by atoms with E-state index in [1.807, 2.05) is 17.8 Å². The van der Waals surface area contributed by atoms with Gasteiger partial charge in [-0.15, -0.1) is 11.8 Å². The van der Waals surface area contributed by atoms with Gasteiger partial charge in [-0.3, -0.25) is 4.79 Å². The highest BCUT2D eigenvalue weighted by Crippen LogP contribution is 2.33. The van der Waals surface area contributed by atoms with E-state index < -0.39 is 0 Å². The molecule has 0 aliphatic heterocycles. The minimum Gasteiger partial charge on any atom is -0.299 e. The lowest BCUT2D eigenvalue weighted by atomic mass is 9.79. The first kappa shape index (κ1) is 18.3. The van der Waals surface area contributed by atoms with Crippen molar-refractivity contribution in [2.75, 3.05) is 5.75 Å². The predicted octanol–water partition coefficient (Wildman–Crippen LogP) is 6.18. The van der Waals surface area contributed by atoms with Crippen LogP contribution in [0.5, 0.6) is 0 Å². The number of rotatable bonds is 6. The van der Waals surface area contributed by atoms with Gasteiger partial charge >= 0.3 is 0 Å². The number of hydrogen-bond acceptors (Lipinski definition) is 2. The van der Waals surface area contributed by atoms with Crippen molar-refractivity contribution in [2.24, 2.45) is 11.8 Å². The maximum atomic E-state index is 12.8. The summed E-state index contributed by atoms with van der Waals surface area (Å²) in [4.78, 5) is 14.1. The van der Waals surface area contributed by atoms with Gasteiger partial charge in [0.25, 0.3) is 0 Å². The van der Waals surface area contributed by atoms with Crippen LogP contribution in [0.2, 0.25) is 0 Å². The molecule has 0 spiro atoms. The number of benzene rings is 2. The molecule has 132 valence electrons. The fraction of sp³-hybridized carbons (Fsp3) is 0.435. The zero-order chi connectivity index (χ0) is 17.3. The van der Waals surface area contributed by atoms with Gasteiger partial charge in [-0.2, -0.15) is 0 Å². The predicted molar refractivity (Wildman–Crippen MR) is 107 cm³/mol. The van der Waals surface area contributed by atoms with Crippen LogP contribution in [-0.2, 0) is 11.2 Å². The van der Waals surface area contributed by atoms with Gasteiger partial charge in [0.05, 0.1) is 0 Å². The minimum atomic E-state index is 0.217. The zero-order valence-corrected chi connectivity index (χ0v) is 15.7. The smallest absolute Gasteiger partial charge is 0.137 e. The first-order valence-corrected chi connectivity index (χ1v) is 10.6. The molecule has 3 rings (SSSR count). The summed E-state index contributed by atoms with van der Waals surface area (Å²) >= 11 is 1.85. The van der Waals surface area contributed by atoms with Crippen LogP contribution in [0.1, 0.15) is 44.1 Å². The SMILES string of the molecule is O=C1CCCCC[C@H](CCc2ccccc2)[C@H]1CSc1ccccc1. The van der Waals surface area contributed by atoms with E-state index >= 15 is 0 Å². The molecule has 25 heavy (non-hydrogen) atoms.